The van der Waals surface area contributed by atoms with Gasteiger partial charge in [-0.25, -0.2) is 0 Å². The van der Waals surface area contributed by atoms with Crippen LogP contribution in [0.5, 0.6) is 0 Å². The Labute approximate surface area is 162 Å². The lowest BCUT2D eigenvalue weighted by atomic mass is 9.94. The highest BCUT2D eigenvalue weighted by Crippen LogP contribution is 2.37. The number of imide groups is 1. The van der Waals surface area contributed by atoms with Gasteiger partial charge in [-0.1, -0.05) is 30.3 Å². The number of carbonyl (C=O) groups excluding carboxylic acids is 2. The number of amides is 2. The van der Waals surface area contributed by atoms with Crippen LogP contribution in [-0.4, -0.2) is 66.2 Å². The van der Waals surface area contributed by atoms with Crippen LogP contribution in [0.1, 0.15) is 25.7 Å². The monoisotopic (exact) mass is 389 g/mol. The van der Waals surface area contributed by atoms with Gasteiger partial charge in [-0.3, -0.25) is 14.5 Å². The zero-order chi connectivity index (χ0) is 20.0. The van der Waals surface area contributed by atoms with E-state index in [-0.39, 0.29) is 6.61 Å². The fourth-order valence-corrected chi connectivity index (χ4v) is 3.87. The average Bonchev–Trinajstić information content (AvgIpc) is 2.91. The van der Waals surface area contributed by atoms with Crippen molar-refractivity contribution in [3.63, 3.8) is 0 Å². The van der Waals surface area contributed by atoms with E-state index in [0.717, 1.165) is 10.5 Å². The average molecular weight is 389 g/mol. The first kappa shape index (κ1) is 19.2. The van der Waals surface area contributed by atoms with Gasteiger partial charge in [-0.05, 0) is 13.8 Å². The van der Waals surface area contributed by atoms with E-state index in [4.69, 9.17) is 18.9 Å². The number of hydrogen-bond donors (Lipinski definition) is 1. The van der Waals surface area contributed by atoms with Crippen LogP contribution in [0, 0.1) is 0 Å². The van der Waals surface area contributed by atoms with Gasteiger partial charge in [0.15, 0.2) is 12.6 Å². The van der Waals surface area contributed by atoms with Crippen molar-refractivity contribution in [2.24, 2.45) is 0 Å². The number of fused-ring (bicyclic) bond motifs is 1. The van der Waals surface area contributed by atoms with Crippen molar-refractivity contribution in [1.29, 1.82) is 0 Å². The Balaban J connectivity index is 1.61. The molecule has 6 atom stereocenters. The Kier molecular flexibility index (Phi) is 5.07. The summed E-state index contributed by atoms with van der Waals surface area (Å²) in [6.45, 7) is 3.37. The van der Waals surface area contributed by atoms with E-state index < -0.39 is 48.7 Å². The number of aliphatic hydroxyl groups is 1. The van der Waals surface area contributed by atoms with E-state index in [0.29, 0.717) is 11.1 Å². The van der Waals surface area contributed by atoms with Gasteiger partial charge in [0.25, 0.3) is 11.8 Å². The van der Waals surface area contributed by atoms with Crippen LogP contribution in [0.25, 0.3) is 0 Å². The molecule has 0 radical (unpaired) electrons. The minimum Gasteiger partial charge on any atom is -0.388 e. The summed E-state index contributed by atoms with van der Waals surface area (Å²) in [5.74, 6) is -0.912. The molecule has 150 valence electrons. The lowest BCUT2D eigenvalue weighted by Crippen LogP contribution is -2.67. The summed E-state index contributed by atoms with van der Waals surface area (Å²) in [6.07, 6.45) is -4.21. The number of benzene rings is 1. The van der Waals surface area contributed by atoms with Crippen molar-refractivity contribution in [2.45, 2.75) is 50.8 Å². The van der Waals surface area contributed by atoms with Crippen LogP contribution in [0.3, 0.4) is 0 Å². The molecule has 3 aliphatic heterocycles. The fraction of sp³-hybridized carbons (Fsp3) is 0.500. The number of hydrogen-bond acceptors (Lipinski definition) is 7. The zero-order valence-electron chi connectivity index (χ0n) is 15.9. The third-order valence-electron chi connectivity index (χ3n) is 5.58. The first-order chi connectivity index (χ1) is 13.4. The summed E-state index contributed by atoms with van der Waals surface area (Å²) in [4.78, 5) is 26.3. The number of aliphatic hydroxyl groups excluding tert-OH is 1. The number of carbonyl (C=O) groups is 2. The molecule has 8 heteroatoms. The molecule has 2 fully saturated rings. The summed E-state index contributed by atoms with van der Waals surface area (Å²) >= 11 is 0. The summed E-state index contributed by atoms with van der Waals surface area (Å²) in [7, 11) is 1.40. The molecule has 3 aliphatic rings. The van der Waals surface area contributed by atoms with Crippen molar-refractivity contribution < 1.29 is 33.6 Å². The van der Waals surface area contributed by atoms with E-state index in [1.165, 1.54) is 7.11 Å². The summed E-state index contributed by atoms with van der Waals surface area (Å²) in [6, 6.07) is 8.32. The number of methoxy groups -OCH3 is 1. The Bertz CT molecular complexity index is 784. The van der Waals surface area contributed by atoms with Gasteiger partial charge in [0.1, 0.15) is 24.4 Å². The second-order valence-electron chi connectivity index (χ2n) is 7.17. The quantitative estimate of drug-likeness (QED) is 0.768. The van der Waals surface area contributed by atoms with Crippen molar-refractivity contribution in [2.75, 3.05) is 13.7 Å². The van der Waals surface area contributed by atoms with Crippen molar-refractivity contribution in [1.82, 2.24) is 4.90 Å². The Morgan fingerprint density at radius 2 is 1.71 bits per heavy atom. The number of ether oxygens (including phenoxy) is 4. The van der Waals surface area contributed by atoms with E-state index >= 15 is 0 Å². The predicted octanol–water partition coefficient (Wildman–Crippen LogP) is 0.907. The molecule has 8 nitrogen and oxygen atoms in total. The van der Waals surface area contributed by atoms with Crippen molar-refractivity contribution >= 4 is 11.8 Å². The van der Waals surface area contributed by atoms with Gasteiger partial charge in [-0.2, -0.15) is 0 Å². The Morgan fingerprint density at radius 1 is 1.07 bits per heavy atom. The third kappa shape index (κ3) is 2.98. The smallest absolute Gasteiger partial charge is 0.257 e. The van der Waals surface area contributed by atoms with Gasteiger partial charge in [-0.15, -0.1) is 0 Å². The molecule has 0 aromatic heterocycles. The molecule has 0 aliphatic carbocycles. The number of nitrogens with zero attached hydrogens (tertiary/aromatic N) is 1. The van der Waals surface area contributed by atoms with Gasteiger partial charge in [0.05, 0.1) is 6.61 Å². The molecule has 28 heavy (non-hydrogen) atoms. The first-order valence-electron chi connectivity index (χ1n) is 9.17. The zero-order valence-corrected chi connectivity index (χ0v) is 15.9. The maximum absolute atomic E-state index is 12.6. The molecule has 0 bridgehead atoms. The minimum atomic E-state index is -1.19. The molecule has 1 N–H and O–H groups in total. The second-order valence-corrected chi connectivity index (χ2v) is 7.17. The Hall–Kier alpha value is -2.10. The SMILES string of the molecule is CO[C@H]1O[C@@H]2COC(c3ccccc3)O[C@H]2[C@H](O)[C@H]1N1C(=O)C(C)=C(C)C1=O. The van der Waals surface area contributed by atoms with E-state index in [1.807, 2.05) is 30.3 Å². The molecule has 2 amide bonds. The molecule has 4 rings (SSSR count). The van der Waals surface area contributed by atoms with E-state index in [1.54, 1.807) is 13.8 Å². The molecule has 0 spiro atoms. The van der Waals surface area contributed by atoms with Gasteiger partial charge in [0, 0.05) is 23.8 Å². The maximum Gasteiger partial charge on any atom is 0.257 e. The normalized spacial score (nSPS) is 36.1. The van der Waals surface area contributed by atoms with Crippen LogP contribution in [0.15, 0.2) is 41.5 Å². The molecule has 2 saturated heterocycles. The summed E-state index contributed by atoms with van der Waals surface area (Å²) in [5, 5.41) is 11.1. The molecule has 1 aromatic rings. The molecular weight excluding hydrogens is 366 g/mol. The molecule has 3 heterocycles. The van der Waals surface area contributed by atoms with Crippen molar-refractivity contribution in [3.8, 4) is 0 Å². The minimum absolute atomic E-state index is 0.187. The molecule has 1 unspecified atom stereocenters. The van der Waals surface area contributed by atoms with Crippen LogP contribution in [0.2, 0.25) is 0 Å². The third-order valence-corrected chi connectivity index (χ3v) is 5.58. The Morgan fingerprint density at radius 3 is 2.32 bits per heavy atom. The van der Waals surface area contributed by atoms with E-state index in [2.05, 4.69) is 0 Å². The highest BCUT2D eigenvalue weighted by Gasteiger charge is 2.55. The molecule has 0 saturated carbocycles. The molecular formula is C20H23NO7. The summed E-state index contributed by atoms with van der Waals surface area (Å²) < 4.78 is 23.0. The topological polar surface area (TPSA) is 94.5 Å². The lowest BCUT2D eigenvalue weighted by molar-refractivity contribution is -0.347. The number of rotatable bonds is 3. The largest absolute Gasteiger partial charge is 0.388 e. The molecule has 1 aromatic carbocycles. The van der Waals surface area contributed by atoms with Crippen LogP contribution < -0.4 is 0 Å². The lowest BCUT2D eigenvalue weighted by Gasteiger charge is -2.49. The fourth-order valence-electron chi connectivity index (χ4n) is 3.87. The summed E-state index contributed by atoms with van der Waals surface area (Å²) in [5.41, 5.74) is 1.51. The van der Waals surface area contributed by atoms with Gasteiger partial charge in [0.2, 0.25) is 0 Å². The standard InChI is InChI=1S/C20H23NO7/c1-10-11(2)18(24)21(17(10)23)14-15(22)16-13(27-20(14)25-3)9-26-19(28-16)12-7-5-4-6-8-12/h4-8,13-16,19-20,22H,9H2,1-3H3/t13-,14-,15-,16-,19?,20+/m1/s1. The van der Waals surface area contributed by atoms with Crippen molar-refractivity contribution in [3.05, 3.63) is 47.0 Å². The van der Waals surface area contributed by atoms with Crippen LogP contribution >= 0.6 is 0 Å². The first-order valence-corrected chi connectivity index (χ1v) is 9.17. The maximum atomic E-state index is 12.6. The van der Waals surface area contributed by atoms with Crippen LogP contribution in [-0.2, 0) is 28.5 Å². The highest BCUT2D eigenvalue weighted by molar-refractivity contribution is 6.19. The predicted molar refractivity (Wildman–Crippen MR) is 95.7 cm³/mol. The van der Waals surface area contributed by atoms with Crippen LogP contribution in [0.4, 0.5) is 0 Å². The second kappa shape index (κ2) is 7.38. The van der Waals surface area contributed by atoms with E-state index in [9.17, 15) is 14.7 Å². The van der Waals surface area contributed by atoms with Gasteiger partial charge < -0.3 is 24.1 Å². The van der Waals surface area contributed by atoms with Gasteiger partial charge >= 0.3 is 0 Å². The highest BCUT2D eigenvalue weighted by atomic mass is 16.7.